The molecule has 0 aliphatic heterocycles. The monoisotopic (exact) mass is 228 g/mol. The molecular formula is C13H12N2O2. The number of carboxylic acid groups (broad SMARTS) is 1. The molecule has 0 unspecified atom stereocenters. The fourth-order valence-electron chi connectivity index (χ4n) is 1.58. The van der Waals surface area contributed by atoms with Gasteiger partial charge in [0.1, 0.15) is 11.4 Å². The van der Waals surface area contributed by atoms with Crippen LogP contribution in [0.15, 0.2) is 42.6 Å². The third kappa shape index (κ3) is 2.42. The lowest BCUT2D eigenvalue weighted by molar-refractivity contribution is 0.0697. The Morgan fingerprint density at radius 3 is 2.59 bits per heavy atom. The molecule has 2 N–H and O–H groups in total. The van der Waals surface area contributed by atoms with Crippen LogP contribution in [-0.2, 0) is 0 Å². The smallest absolute Gasteiger partial charge is 0.339 e. The second-order valence-corrected chi connectivity index (χ2v) is 3.65. The average Bonchev–Trinajstić information content (AvgIpc) is 2.30. The van der Waals surface area contributed by atoms with E-state index in [1.165, 1.54) is 0 Å². The Morgan fingerprint density at radius 2 is 1.94 bits per heavy atom. The van der Waals surface area contributed by atoms with Gasteiger partial charge in [0.25, 0.3) is 0 Å². The van der Waals surface area contributed by atoms with E-state index < -0.39 is 5.97 Å². The van der Waals surface area contributed by atoms with E-state index in [1.54, 1.807) is 19.2 Å². The van der Waals surface area contributed by atoms with E-state index in [0.29, 0.717) is 11.4 Å². The van der Waals surface area contributed by atoms with Crippen molar-refractivity contribution in [3.8, 4) is 0 Å². The molecule has 1 aromatic carbocycles. The summed E-state index contributed by atoms with van der Waals surface area (Å²) in [4.78, 5) is 15.2. The molecule has 4 heteroatoms. The molecule has 0 saturated carbocycles. The summed E-state index contributed by atoms with van der Waals surface area (Å²) in [6.07, 6.45) is 1.59. The molecular weight excluding hydrogens is 216 g/mol. The third-order valence-electron chi connectivity index (χ3n) is 2.41. The number of hydrogen-bond donors (Lipinski definition) is 2. The van der Waals surface area contributed by atoms with Crippen LogP contribution in [0.2, 0.25) is 0 Å². The van der Waals surface area contributed by atoms with E-state index in [-0.39, 0.29) is 5.56 Å². The van der Waals surface area contributed by atoms with Crippen LogP contribution >= 0.6 is 0 Å². The van der Waals surface area contributed by atoms with Crippen molar-refractivity contribution < 1.29 is 9.90 Å². The van der Waals surface area contributed by atoms with Gasteiger partial charge >= 0.3 is 5.97 Å². The highest BCUT2D eigenvalue weighted by Gasteiger charge is 2.14. The number of pyridine rings is 1. The van der Waals surface area contributed by atoms with Crippen molar-refractivity contribution in [2.24, 2.45) is 0 Å². The molecule has 1 aromatic heterocycles. The SMILES string of the molecule is Cc1ccnc(Nc2ccccc2)c1C(=O)O. The van der Waals surface area contributed by atoms with Crippen LogP contribution in [0.4, 0.5) is 11.5 Å². The summed E-state index contributed by atoms with van der Waals surface area (Å²) in [5.74, 6) is -0.613. The molecule has 2 aromatic rings. The van der Waals surface area contributed by atoms with Crippen molar-refractivity contribution in [3.63, 3.8) is 0 Å². The van der Waals surface area contributed by atoms with Crippen LogP contribution in [0.25, 0.3) is 0 Å². The van der Waals surface area contributed by atoms with Gasteiger partial charge in [-0.25, -0.2) is 9.78 Å². The molecule has 17 heavy (non-hydrogen) atoms. The number of carbonyl (C=O) groups is 1. The molecule has 86 valence electrons. The Hall–Kier alpha value is -2.36. The van der Waals surface area contributed by atoms with Gasteiger partial charge in [-0.15, -0.1) is 0 Å². The summed E-state index contributed by atoms with van der Waals surface area (Å²) in [6.45, 7) is 1.75. The highest BCUT2D eigenvalue weighted by molar-refractivity contribution is 5.95. The summed E-state index contributed by atoms with van der Waals surface area (Å²) >= 11 is 0. The Morgan fingerprint density at radius 1 is 1.24 bits per heavy atom. The van der Waals surface area contributed by atoms with Crippen LogP contribution < -0.4 is 5.32 Å². The highest BCUT2D eigenvalue weighted by Crippen LogP contribution is 2.20. The maximum absolute atomic E-state index is 11.2. The summed E-state index contributed by atoms with van der Waals surface area (Å²) < 4.78 is 0. The number of aryl methyl sites for hydroxylation is 1. The number of aromatic nitrogens is 1. The Labute approximate surface area is 98.9 Å². The minimum atomic E-state index is -0.978. The van der Waals surface area contributed by atoms with Crippen molar-refractivity contribution in [1.82, 2.24) is 4.98 Å². The molecule has 0 aliphatic carbocycles. The van der Waals surface area contributed by atoms with Gasteiger partial charge in [-0.3, -0.25) is 0 Å². The number of hydrogen-bond acceptors (Lipinski definition) is 3. The molecule has 0 bridgehead atoms. The number of nitrogens with zero attached hydrogens (tertiary/aromatic N) is 1. The van der Waals surface area contributed by atoms with Crippen LogP contribution in [-0.4, -0.2) is 16.1 Å². The molecule has 0 aliphatic rings. The molecule has 0 fully saturated rings. The summed E-state index contributed by atoms with van der Waals surface area (Å²) in [6, 6.07) is 11.0. The number of aromatic carboxylic acids is 1. The number of carboxylic acids is 1. The van der Waals surface area contributed by atoms with Crippen molar-refractivity contribution in [2.45, 2.75) is 6.92 Å². The minimum absolute atomic E-state index is 0.205. The van der Waals surface area contributed by atoms with Gasteiger partial charge in [0.05, 0.1) is 0 Å². The largest absolute Gasteiger partial charge is 0.478 e. The fraction of sp³-hybridized carbons (Fsp3) is 0.0769. The average molecular weight is 228 g/mol. The number of para-hydroxylation sites is 1. The summed E-state index contributed by atoms with van der Waals surface area (Å²) in [7, 11) is 0. The lowest BCUT2D eigenvalue weighted by Crippen LogP contribution is -2.06. The van der Waals surface area contributed by atoms with Gasteiger partial charge in [0, 0.05) is 11.9 Å². The topological polar surface area (TPSA) is 62.2 Å². The Bertz CT molecular complexity index is 538. The maximum atomic E-state index is 11.2. The molecule has 1 heterocycles. The molecule has 0 saturated heterocycles. The number of benzene rings is 1. The zero-order chi connectivity index (χ0) is 12.3. The first-order chi connectivity index (χ1) is 8.18. The molecule has 0 atom stereocenters. The summed E-state index contributed by atoms with van der Waals surface area (Å²) in [5, 5.41) is 12.1. The standard InChI is InChI=1S/C13H12N2O2/c1-9-7-8-14-12(11(9)13(16)17)15-10-5-3-2-4-6-10/h2-8H,1H3,(H,14,15)(H,16,17). The van der Waals surface area contributed by atoms with Gasteiger partial charge in [-0.2, -0.15) is 0 Å². The number of anilines is 2. The first-order valence-corrected chi connectivity index (χ1v) is 5.19. The van der Waals surface area contributed by atoms with Crippen LogP contribution in [0, 0.1) is 6.92 Å². The van der Waals surface area contributed by atoms with E-state index in [2.05, 4.69) is 10.3 Å². The lowest BCUT2D eigenvalue weighted by atomic mass is 10.1. The van der Waals surface area contributed by atoms with Gasteiger partial charge in [-0.05, 0) is 30.7 Å². The number of nitrogens with one attached hydrogen (secondary N) is 1. The zero-order valence-electron chi connectivity index (χ0n) is 9.34. The minimum Gasteiger partial charge on any atom is -0.478 e. The van der Waals surface area contributed by atoms with Crippen molar-refractivity contribution in [2.75, 3.05) is 5.32 Å². The van der Waals surface area contributed by atoms with Crippen LogP contribution in [0.5, 0.6) is 0 Å². The Balaban J connectivity index is 2.40. The van der Waals surface area contributed by atoms with E-state index in [9.17, 15) is 4.79 Å². The normalized spacial score (nSPS) is 9.94. The maximum Gasteiger partial charge on any atom is 0.339 e. The van der Waals surface area contributed by atoms with Gasteiger partial charge in [0.15, 0.2) is 0 Å². The van der Waals surface area contributed by atoms with E-state index >= 15 is 0 Å². The quantitative estimate of drug-likeness (QED) is 0.847. The van der Waals surface area contributed by atoms with Crippen LogP contribution in [0.3, 0.4) is 0 Å². The predicted molar refractivity (Wildman–Crippen MR) is 65.7 cm³/mol. The lowest BCUT2D eigenvalue weighted by Gasteiger charge is -2.09. The number of rotatable bonds is 3. The fourth-order valence-corrected chi connectivity index (χ4v) is 1.58. The first kappa shape index (κ1) is 11.1. The predicted octanol–water partition coefficient (Wildman–Crippen LogP) is 2.83. The Kier molecular flexibility index (Phi) is 3.05. The van der Waals surface area contributed by atoms with Crippen molar-refractivity contribution in [1.29, 1.82) is 0 Å². The van der Waals surface area contributed by atoms with E-state index in [1.807, 2.05) is 30.3 Å². The molecule has 0 amide bonds. The second-order valence-electron chi connectivity index (χ2n) is 3.65. The van der Waals surface area contributed by atoms with Gasteiger partial charge in [0.2, 0.25) is 0 Å². The zero-order valence-corrected chi connectivity index (χ0v) is 9.34. The van der Waals surface area contributed by atoms with Crippen LogP contribution in [0.1, 0.15) is 15.9 Å². The van der Waals surface area contributed by atoms with Crippen molar-refractivity contribution >= 4 is 17.5 Å². The molecule has 4 nitrogen and oxygen atoms in total. The molecule has 0 spiro atoms. The molecule has 2 rings (SSSR count). The van der Waals surface area contributed by atoms with E-state index in [4.69, 9.17) is 5.11 Å². The second kappa shape index (κ2) is 4.65. The van der Waals surface area contributed by atoms with Gasteiger partial charge < -0.3 is 10.4 Å². The van der Waals surface area contributed by atoms with E-state index in [0.717, 1.165) is 5.69 Å². The highest BCUT2D eigenvalue weighted by atomic mass is 16.4. The summed E-state index contributed by atoms with van der Waals surface area (Å²) in [5.41, 5.74) is 1.70. The van der Waals surface area contributed by atoms with Crippen molar-refractivity contribution in [3.05, 3.63) is 53.7 Å². The first-order valence-electron chi connectivity index (χ1n) is 5.19. The third-order valence-corrected chi connectivity index (χ3v) is 2.41. The molecule has 0 radical (unpaired) electrons. The van der Waals surface area contributed by atoms with Gasteiger partial charge in [-0.1, -0.05) is 18.2 Å².